The van der Waals surface area contributed by atoms with Crippen molar-refractivity contribution in [2.45, 2.75) is 43.4 Å². The van der Waals surface area contributed by atoms with Gasteiger partial charge in [-0.3, -0.25) is 4.79 Å². The maximum absolute atomic E-state index is 13.2. The lowest BCUT2D eigenvalue weighted by Gasteiger charge is -2.42. The molecule has 2 heterocycles. The Balaban J connectivity index is 1.48. The Kier molecular flexibility index (Phi) is 7.76. The molecule has 4 rings (SSSR count). The molecule has 2 aliphatic rings. The number of hydrogen-bond acceptors (Lipinski definition) is 4. The Labute approximate surface area is 205 Å². The predicted octanol–water partition coefficient (Wildman–Crippen LogP) is 4.70. The molecule has 2 fully saturated rings. The number of para-hydroxylation sites is 1. The van der Waals surface area contributed by atoms with Gasteiger partial charge in [0, 0.05) is 42.5 Å². The number of carbonyl (C=O) groups excluding carboxylic acids is 1. The molecule has 2 aromatic rings. The number of nitrogens with zero attached hydrogens (tertiary/aromatic N) is 2. The summed E-state index contributed by atoms with van der Waals surface area (Å²) in [7, 11) is -3.57. The summed E-state index contributed by atoms with van der Waals surface area (Å²) in [6, 6.07) is 16.3. The summed E-state index contributed by atoms with van der Waals surface area (Å²) in [5, 5.41) is 0. The van der Waals surface area contributed by atoms with Crippen molar-refractivity contribution in [2.24, 2.45) is 5.41 Å². The first kappa shape index (κ1) is 24.2. The van der Waals surface area contributed by atoms with Crippen molar-refractivity contribution < 1.29 is 17.9 Å². The summed E-state index contributed by atoms with van der Waals surface area (Å²) in [6.45, 7) is 2.80. The highest BCUT2D eigenvalue weighted by atomic mass is 79.9. The van der Waals surface area contributed by atoms with Gasteiger partial charge in [0.05, 0.1) is 11.5 Å². The lowest BCUT2D eigenvalue weighted by Crippen LogP contribution is -2.48. The van der Waals surface area contributed by atoms with E-state index in [9.17, 15) is 13.2 Å². The van der Waals surface area contributed by atoms with Crippen molar-refractivity contribution >= 4 is 31.9 Å². The van der Waals surface area contributed by atoms with Crippen LogP contribution >= 0.6 is 15.9 Å². The summed E-state index contributed by atoms with van der Waals surface area (Å²) < 4.78 is 34.8. The fourth-order valence-corrected chi connectivity index (χ4v) is 6.36. The topological polar surface area (TPSA) is 66.9 Å². The van der Waals surface area contributed by atoms with Crippen molar-refractivity contribution in [1.29, 1.82) is 0 Å². The normalized spacial score (nSPS) is 19.2. The van der Waals surface area contributed by atoms with E-state index >= 15 is 0 Å². The molecule has 0 N–H and O–H groups in total. The van der Waals surface area contributed by atoms with E-state index in [0.29, 0.717) is 43.9 Å². The van der Waals surface area contributed by atoms with E-state index < -0.39 is 10.0 Å². The van der Waals surface area contributed by atoms with Crippen LogP contribution in [0.3, 0.4) is 0 Å². The zero-order valence-electron chi connectivity index (χ0n) is 18.8. The smallest absolute Gasteiger partial charge is 0.243 e. The van der Waals surface area contributed by atoms with Crippen LogP contribution in [-0.4, -0.2) is 56.3 Å². The SMILES string of the molecule is O=C(CC1(COc2ccccc2)CCN(S(=O)(=O)c2ccc(Br)cc2)CC1)N1CCCCC1. The first-order valence-electron chi connectivity index (χ1n) is 11.6. The zero-order valence-corrected chi connectivity index (χ0v) is 21.2. The highest BCUT2D eigenvalue weighted by Gasteiger charge is 2.41. The maximum atomic E-state index is 13.2. The molecule has 33 heavy (non-hydrogen) atoms. The Hall–Kier alpha value is -1.90. The molecule has 6 nitrogen and oxygen atoms in total. The number of sulfonamides is 1. The fraction of sp³-hybridized carbons (Fsp3) is 0.480. The van der Waals surface area contributed by atoms with Crippen LogP contribution in [0.1, 0.15) is 38.5 Å². The van der Waals surface area contributed by atoms with Gasteiger partial charge in [-0.05, 0) is 68.5 Å². The number of amides is 1. The van der Waals surface area contributed by atoms with Gasteiger partial charge >= 0.3 is 0 Å². The average molecular weight is 536 g/mol. The number of carbonyl (C=O) groups is 1. The van der Waals surface area contributed by atoms with Crippen LogP contribution in [0.4, 0.5) is 0 Å². The number of hydrogen-bond donors (Lipinski definition) is 0. The van der Waals surface area contributed by atoms with Gasteiger partial charge in [0.25, 0.3) is 0 Å². The van der Waals surface area contributed by atoms with Gasteiger partial charge in [-0.2, -0.15) is 4.31 Å². The molecule has 0 bridgehead atoms. The second-order valence-corrected chi connectivity index (χ2v) is 11.9. The van der Waals surface area contributed by atoms with Crippen molar-refractivity contribution in [3.05, 3.63) is 59.1 Å². The molecule has 0 spiro atoms. The number of rotatable bonds is 7. The van der Waals surface area contributed by atoms with Gasteiger partial charge in [0.1, 0.15) is 5.75 Å². The molecule has 2 saturated heterocycles. The van der Waals surface area contributed by atoms with E-state index in [-0.39, 0.29) is 11.3 Å². The number of ether oxygens (including phenoxy) is 1. The summed E-state index contributed by atoms with van der Waals surface area (Å²) in [6.07, 6.45) is 4.86. The first-order chi connectivity index (χ1) is 15.9. The third kappa shape index (κ3) is 5.97. The lowest BCUT2D eigenvalue weighted by atomic mass is 9.76. The second-order valence-electron chi connectivity index (χ2n) is 9.08. The van der Waals surface area contributed by atoms with Crippen LogP contribution in [-0.2, 0) is 14.8 Å². The lowest BCUT2D eigenvalue weighted by molar-refractivity contribution is -0.136. The zero-order chi connectivity index (χ0) is 23.3. The number of halogens is 1. The van der Waals surface area contributed by atoms with Crippen molar-refractivity contribution in [3.8, 4) is 5.75 Å². The van der Waals surface area contributed by atoms with Gasteiger partial charge in [-0.1, -0.05) is 34.1 Å². The Morgan fingerprint density at radius 2 is 1.55 bits per heavy atom. The van der Waals surface area contributed by atoms with Gasteiger partial charge in [-0.25, -0.2) is 8.42 Å². The van der Waals surface area contributed by atoms with Gasteiger partial charge in [0.2, 0.25) is 15.9 Å². The number of benzene rings is 2. The van der Waals surface area contributed by atoms with Crippen molar-refractivity contribution in [1.82, 2.24) is 9.21 Å². The van der Waals surface area contributed by atoms with Crippen LogP contribution in [0, 0.1) is 5.41 Å². The van der Waals surface area contributed by atoms with Crippen molar-refractivity contribution in [2.75, 3.05) is 32.8 Å². The molecule has 2 aliphatic heterocycles. The average Bonchev–Trinajstić information content (AvgIpc) is 2.85. The van der Waals surface area contributed by atoms with E-state index in [1.54, 1.807) is 28.6 Å². The third-order valence-corrected chi connectivity index (χ3v) is 9.20. The Bertz CT molecular complexity index is 1030. The van der Waals surface area contributed by atoms with Crippen LogP contribution < -0.4 is 4.74 Å². The highest BCUT2D eigenvalue weighted by Crippen LogP contribution is 2.38. The molecule has 178 valence electrons. The molecule has 0 atom stereocenters. The van der Waals surface area contributed by atoms with Crippen LogP contribution in [0.25, 0.3) is 0 Å². The molecule has 8 heteroatoms. The molecule has 0 aromatic heterocycles. The van der Waals surface area contributed by atoms with E-state index in [1.807, 2.05) is 35.2 Å². The second kappa shape index (κ2) is 10.6. The quantitative estimate of drug-likeness (QED) is 0.516. The highest BCUT2D eigenvalue weighted by molar-refractivity contribution is 9.10. The standard InChI is InChI=1S/C25H31BrN2O4S/c26-21-9-11-23(12-10-21)33(30,31)28-17-13-25(14-18-28,20-32-22-7-3-1-4-8-22)19-24(29)27-15-5-2-6-16-27/h1,3-4,7-12H,2,5-6,13-20H2. The van der Waals surface area contributed by atoms with Crippen LogP contribution in [0.15, 0.2) is 64.0 Å². The predicted molar refractivity (Wildman–Crippen MR) is 132 cm³/mol. The molecule has 0 radical (unpaired) electrons. The third-order valence-electron chi connectivity index (χ3n) is 6.76. The van der Waals surface area contributed by atoms with Gasteiger partial charge < -0.3 is 9.64 Å². The molecule has 0 saturated carbocycles. The molecule has 1 amide bonds. The molecule has 0 unspecified atom stereocenters. The summed E-state index contributed by atoms with van der Waals surface area (Å²) in [5.41, 5.74) is -0.379. The monoisotopic (exact) mass is 534 g/mol. The summed E-state index contributed by atoms with van der Waals surface area (Å²) in [5.74, 6) is 0.933. The van der Waals surface area contributed by atoms with Gasteiger partial charge in [0.15, 0.2) is 0 Å². The Morgan fingerprint density at radius 1 is 0.909 bits per heavy atom. The number of likely N-dealkylation sites (tertiary alicyclic amines) is 1. The minimum absolute atomic E-state index is 0.163. The van der Waals surface area contributed by atoms with Crippen LogP contribution in [0.5, 0.6) is 5.75 Å². The van der Waals surface area contributed by atoms with E-state index in [0.717, 1.165) is 36.2 Å². The van der Waals surface area contributed by atoms with E-state index in [2.05, 4.69) is 15.9 Å². The molecular formula is C25H31BrN2O4S. The minimum Gasteiger partial charge on any atom is -0.493 e. The van der Waals surface area contributed by atoms with E-state index in [1.165, 1.54) is 6.42 Å². The van der Waals surface area contributed by atoms with E-state index in [4.69, 9.17) is 4.74 Å². The largest absolute Gasteiger partial charge is 0.493 e. The molecule has 2 aromatic carbocycles. The molecular weight excluding hydrogens is 504 g/mol. The van der Waals surface area contributed by atoms with Crippen LogP contribution in [0.2, 0.25) is 0 Å². The summed E-state index contributed by atoms with van der Waals surface area (Å²) in [4.78, 5) is 15.4. The van der Waals surface area contributed by atoms with Crippen molar-refractivity contribution in [3.63, 3.8) is 0 Å². The summed E-state index contributed by atoms with van der Waals surface area (Å²) >= 11 is 3.36. The minimum atomic E-state index is -3.57. The number of piperidine rings is 2. The van der Waals surface area contributed by atoms with Gasteiger partial charge in [-0.15, -0.1) is 0 Å². The maximum Gasteiger partial charge on any atom is 0.243 e. The molecule has 0 aliphatic carbocycles. The fourth-order valence-electron chi connectivity index (χ4n) is 4.66. The first-order valence-corrected chi connectivity index (χ1v) is 13.8. The Morgan fingerprint density at radius 3 is 2.18 bits per heavy atom.